The first-order valence-corrected chi connectivity index (χ1v) is 10.5. The lowest BCUT2D eigenvalue weighted by molar-refractivity contribution is 0.181. The zero-order chi connectivity index (χ0) is 19.9. The summed E-state index contributed by atoms with van der Waals surface area (Å²) in [5, 5.41) is 20.1. The van der Waals surface area contributed by atoms with E-state index in [0.717, 1.165) is 29.2 Å². The van der Waals surface area contributed by atoms with Crippen LogP contribution in [0.5, 0.6) is 0 Å². The summed E-state index contributed by atoms with van der Waals surface area (Å²) in [5.41, 5.74) is 3.25. The fourth-order valence-electron chi connectivity index (χ4n) is 2.60. The molecule has 1 unspecified atom stereocenters. The van der Waals surface area contributed by atoms with Gasteiger partial charge in [-0.1, -0.05) is 52.0 Å². The number of thiazole rings is 1. The van der Waals surface area contributed by atoms with Crippen molar-refractivity contribution in [2.45, 2.75) is 59.1 Å². The van der Waals surface area contributed by atoms with Gasteiger partial charge in [-0.2, -0.15) is 0 Å². The second-order valence-corrected chi connectivity index (χ2v) is 8.49. The average molecular weight is 516 g/mol. The lowest BCUT2D eigenvalue weighted by Gasteiger charge is -2.20. The number of nitrogens with zero attached hydrogens (tertiary/aromatic N) is 2. The number of rotatable bonds is 7. The van der Waals surface area contributed by atoms with E-state index < -0.39 is 6.10 Å². The molecule has 0 bridgehead atoms. The van der Waals surface area contributed by atoms with Crippen LogP contribution in [0.15, 0.2) is 34.6 Å². The van der Waals surface area contributed by atoms with Crippen LogP contribution in [0.3, 0.4) is 0 Å². The molecular weight excluding hydrogens is 483 g/mol. The van der Waals surface area contributed by atoms with Gasteiger partial charge in [-0.05, 0) is 29.9 Å². The number of guanidine groups is 1. The number of aliphatic hydroxyl groups is 1. The Morgan fingerprint density at radius 1 is 1.18 bits per heavy atom. The Labute approximate surface area is 190 Å². The Kier molecular flexibility index (Phi) is 10.4. The largest absolute Gasteiger partial charge is 0.387 e. The Morgan fingerprint density at radius 2 is 1.86 bits per heavy atom. The normalized spacial score (nSPS) is 13.0. The number of aliphatic hydroxyl groups excluding tert-OH is 1. The van der Waals surface area contributed by atoms with Crippen LogP contribution >= 0.6 is 35.3 Å². The first kappa shape index (κ1) is 24.8. The summed E-state index contributed by atoms with van der Waals surface area (Å²) in [6.45, 7) is 12.4. The summed E-state index contributed by atoms with van der Waals surface area (Å²) < 4.78 is 0. The average Bonchev–Trinajstić information content (AvgIpc) is 3.11. The van der Waals surface area contributed by atoms with E-state index in [1.807, 2.05) is 19.1 Å². The SMILES string of the molecule is CCNC(=NCc1csc(CC)n1)NCC(O)c1ccc(C(C)(C)C)cc1.I. The smallest absolute Gasteiger partial charge is 0.191 e. The molecular formula is C21H33IN4OS. The van der Waals surface area contributed by atoms with Gasteiger partial charge in [0, 0.05) is 18.5 Å². The van der Waals surface area contributed by atoms with E-state index in [1.165, 1.54) is 5.56 Å². The zero-order valence-electron chi connectivity index (χ0n) is 17.5. The summed E-state index contributed by atoms with van der Waals surface area (Å²) in [6, 6.07) is 8.17. The molecule has 0 spiro atoms. The van der Waals surface area contributed by atoms with Gasteiger partial charge in [-0.3, -0.25) is 0 Å². The lowest BCUT2D eigenvalue weighted by Crippen LogP contribution is -2.39. The summed E-state index contributed by atoms with van der Waals surface area (Å²) in [5.74, 6) is 0.689. The van der Waals surface area contributed by atoms with Gasteiger partial charge < -0.3 is 15.7 Å². The molecule has 0 aliphatic carbocycles. The molecule has 0 saturated carbocycles. The molecule has 0 aliphatic heterocycles. The standard InChI is InChI=1S/C21H32N4OS.HI/c1-6-19-25-17(14-27-19)12-23-20(22-7-2)24-13-18(26)15-8-10-16(11-9-15)21(3,4)5;/h8-11,14,18,26H,6-7,12-13H2,1-5H3,(H2,22,23,24);1H. The molecule has 156 valence electrons. The van der Waals surface area contributed by atoms with E-state index >= 15 is 0 Å². The second-order valence-electron chi connectivity index (χ2n) is 7.55. The highest BCUT2D eigenvalue weighted by molar-refractivity contribution is 14.0. The van der Waals surface area contributed by atoms with E-state index in [-0.39, 0.29) is 29.4 Å². The van der Waals surface area contributed by atoms with Crippen molar-refractivity contribution in [1.29, 1.82) is 0 Å². The third kappa shape index (κ3) is 7.67. The molecule has 3 N–H and O–H groups in total. The van der Waals surface area contributed by atoms with Crippen LogP contribution in [0.25, 0.3) is 0 Å². The number of aryl methyl sites for hydroxylation is 1. The predicted octanol–water partition coefficient (Wildman–Crippen LogP) is 4.41. The number of hydrogen-bond acceptors (Lipinski definition) is 4. The van der Waals surface area contributed by atoms with Crippen LogP contribution in [0.4, 0.5) is 0 Å². The maximum atomic E-state index is 10.5. The predicted molar refractivity (Wildman–Crippen MR) is 130 cm³/mol. The highest BCUT2D eigenvalue weighted by Gasteiger charge is 2.15. The molecule has 0 aliphatic rings. The van der Waals surface area contributed by atoms with Crippen LogP contribution in [0.1, 0.15) is 62.6 Å². The van der Waals surface area contributed by atoms with Gasteiger partial charge in [-0.15, -0.1) is 35.3 Å². The molecule has 0 amide bonds. The monoisotopic (exact) mass is 516 g/mol. The maximum Gasteiger partial charge on any atom is 0.191 e. The van der Waals surface area contributed by atoms with Crippen LogP contribution in [0.2, 0.25) is 0 Å². The van der Waals surface area contributed by atoms with Gasteiger partial charge >= 0.3 is 0 Å². The van der Waals surface area contributed by atoms with Crippen molar-refractivity contribution in [3.63, 3.8) is 0 Å². The number of halogens is 1. The summed E-state index contributed by atoms with van der Waals surface area (Å²) in [4.78, 5) is 9.11. The maximum absolute atomic E-state index is 10.5. The van der Waals surface area contributed by atoms with Crippen molar-refractivity contribution in [2.24, 2.45) is 4.99 Å². The van der Waals surface area contributed by atoms with Crippen molar-refractivity contribution >= 4 is 41.3 Å². The van der Waals surface area contributed by atoms with Crippen LogP contribution < -0.4 is 10.6 Å². The van der Waals surface area contributed by atoms with Crippen LogP contribution in [0, 0.1) is 0 Å². The molecule has 2 aromatic rings. The van der Waals surface area contributed by atoms with Gasteiger partial charge in [0.15, 0.2) is 5.96 Å². The molecule has 0 saturated heterocycles. The van der Waals surface area contributed by atoms with Gasteiger partial charge in [-0.25, -0.2) is 9.98 Å². The third-order valence-corrected chi connectivity index (χ3v) is 5.31. The van der Waals surface area contributed by atoms with E-state index in [4.69, 9.17) is 0 Å². The van der Waals surface area contributed by atoms with Crippen molar-refractivity contribution in [3.05, 3.63) is 51.5 Å². The van der Waals surface area contributed by atoms with Crippen LogP contribution in [-0.2, 0) is 18.4 Å². The second kappa shape index (κ2) is 11.7. The molecule has 1 aromatic heterocycles. The number of aromatic nitrogens is 1. The molecule has 1 atom stereocenters. The molecule has 0 radical (unpaired) electrons. The fourth-order valence-corrected chi connectivity index (χ4v) is 3.34. The minimum atomic E-state index is -0.589. The topological polar surface area (TPSA) is 69.5 Å². The number of aliphatic imine (C=N–C) groups is 1. The Balaban J connectivity index is 0.00000392. The van der Waals surface area contributed by atoms with E-state index in [0.29, 0.717) is 19.0 Å². The molecule has 5 nitrogen and oxygen atoms in total. The quantitative estimate of drug-likeness (QED) is 0.290. The van der Waals surface area contributed by atoms with Crippen molar-refractivity contribution < 1.29 is 5.11 Å². The minimum Gasteiger partial charge on any atom is -0.387 e. The lowest BCUT2D eigenvalue weighted by atomic mass is 9.86. The Hall–Kier alpha value is -1.19. The van der Waals surface area contributed by atoms with E-state index in [9.17, 15) is 5.11 Å². The highest BCUT2D eigenvalue weighted by Crippen LogP contribution is 2.23. The Bertz CT molecular complexity index is 738. The molecule has 0 fully saturated rings. The fraction of sp³-hybridized carbons (Fsp3) is 0.524. The van der Waals surface area contributed by atoms with Crippen molar-refractivity contribution in [1.82, 2.24) is 15.6 Å². The number of nitrogens with one attached hydrogen (secondary N) is 2. The molecule has 1 aromatic carbocycles. The van der Waals surface area contributed by atoms with Crippen molar-refractivity contribution in [3.8, 4) is 0 Å². The van der Waals surface area contributed by atoms with E-state index in [1.54, 1.807) is 11.3 Å². The molecule has 2 rings (SSSR count). The first-order valence-electron chi connectivity index (χ1n) is 9.57. The summed E-state index contributed by atoms with van der Waals surface area (Å²) in [6.07, 6.45) is 0.362. The summed E-state index contributed by atoms with van der Waals surface area (Å²) >= 11 is 1.67. The molecule has 1 heterocycles. The highest BCUT2D eigenvalue weighted by atomic mass is 127. The number of benzene rings is 1. The zero-order valence-corrected chi connectivity index (χ0v) is 20.6. The molecule has 28 heavy (non-hydrogen) atoms. The number of hydrogen-bond donors (Lipinski definition) is 3. The van der Waals surface area contributed by atoms with Gasteiger partial charge in [0.1, 0.15) is 0 Å². The minimum absolute atomic E-state index is 0. The van der Waals surface area contributed by atoms with Crippen molar-refractivity contribution in [2.75, 3.05) is 13.1 Å². The van der Waals surface area contributed by atoms with Gasteiger partial charge in [0.2, 0.25) is 0 Å². The first-order chi connectivity index (χ1) is 12.8. The van der Waals surface area contributed by atoms with Gasteiger partial charge in [0.05, 0.1) is 23.4 Å². The van der Waals surface area contributed by atoms with E-state index in [2.05, 4.69) is 65.8 Å². The molecule has 7 heteroatoms. The van der Waals surface area contributed by atoms with Crippen LogP contribution in [-0.4, -0.2) is 29.1 Å². The Morgan fingerprint density at radius 3 is 2.39 bits per heavy atom. The van der Waals surface area contributed by atoms with Gasteiger partial charge in [0.25, 0.3) is 0 Å². The third-order valence-electron chi connectivity index (χ3n) is 4.27. The summed E-state index contributed by atoms with van der Waals surface area (Å²) in [7, 11) is 0.